The van der Waals surface area contributed by atoms with E-state index >= 15 is 0 Å². The molecule has 0 bridgehead atoms. The first-order chi connectivity index (χ1) is 37.8. The second kappa shape index (κ2) is 53.4. The highest BCUT2D eigenvalue weighted by molar-refractivity contribution is 5.67. The van der Waals surface area contributed by atoms with E-state index in [4.69, 9.17) is 11.5 Å². The zero-order valence-electron chi connectivity index (χ0n) is 50.9. The van der Waals surface area contributed by atoms with Crippen LogP contribution in [0.5, 0.6) is 0 Å². The Morgan fingerprint density at radius 3 is 1.03 bits per heavy atom. The lowest BCUT2D eigenvalue weighted by Crippen LogP contribution is -2.21. The Kier molecular flexibility index (Phi) is 47.8. The molecule has 0 saturated carbocycles. The first-order valence-electron chi connectivity index (χ1n) is 34.5. The summed E-state index contributed by atoms with van der Waals surface area (Å²) < 4.78 is 2.49. The summed E-state index contributed by atoms with van der Waals surface area (Å²) in [4.78, 5) is 5.16. The Morgan fingerprint density at radius 2 is 0.671 bits per heavy atom. The van der Waals surface area contributed by atoms with Gasteiger partial charge >= 0.3 is 0 Å². The Balaban J connectivity index is 0.999. The SMILES string of the molecule is NCCCCCCCCCCCCCCCCN1C=C(CCCCCCCCCCCCC2=CN(CCCCCCCCCCCCC3C=CC=[N+](CCCCCCCCCCCCCCCCN)[CH-]3)CC=C2)C=CC1. The summed E-state index contributed by atoms with van der Waals surface area (Å²) in [6, 6.07) is 0. The molecule has 3 rings (SSSR count). The maximum absolute atomic E-state index is 5.59. The van der Waals surface area contributed by atoms with Crippen LogP contribution in [0.3, 0.4) is 0 Å². The van der Waals surface area contributed by atoms with Crippen LogP contribution < -0.4 is 11.5 Å². The first kappa shape index (κ1) is 68.0. The third kappa shape index (κ3) is 42.7. The predicted molar refractivity (Wildman–Crippen MR) is 339 cm³/mol. The van der Waals surface area contributed by atoms with Crippen LogP contribution in [0.15, 0.2) is 60.0 Å². The number of hydrogen-bond donors (Lipinski definition) is 2. The van der Waals surface area contributed by atoms with Crippen molar-refractivity contribution in [2.24, 2.45) is 17.4 Å². The molecular weight excluding hydrogens is 923 g/mol. The molecule has 0 spiro atoms. The molecule has 1 atom stereocenters. The zero-order valence-corrected chi connectivity index (χ0v) is 50.9. The Bertz CT molecular complexity index is 1440. The van der Waals surface area contributed by atoms with Gasteiger partial charge in [0, 0.05) is 57.8 Å². The van der Waals surface area contributed by atoms with E-state index in [1.54, 1.807) is 11.1 Å². The van der Waals surface area contributed by atoms with Gasteiger partial charge in [-0.1, -0.05) is 294 Å². The summed E-state index contributed by atoms with van der Waals surface area (Å²) in [7, 11) is 0. The van der Waals surface area contributed by atoms with Crippen molar-refractivity contribution in [3.05, 3.63) is 66.5 Å². The largest absolute Gasteiger partial charge is 0.373 e. The molecule has 1 unspecified atom stereocenters. The van der Waals surface area contributed by atoms with E-state index in [0.29, 0.717) is 5.92 Å². The summed E-state index contributed by atoms with van der Waals surface area (Å²) in [6.07, 6.45) is 92.9. The molecule has 3 aliphatic heterocycles. The minimum Gasteiger partial charge on any atom is -0.373 e. The Morgan fingerprint density at radius 1 is 0.368 bits per heavy atom. The van der Waals surface area contributed by atoms with Gasteiger partial charge in [0.15, 0.2) is 0 Å². The molecule has 3 heterocycles. The fraction of sp³-hybridized carbons (Fsp3) is 0.831. The quantitative estimate of drug-likeness (QED) is 0.0362. The van der Waals surface area contributed by atoms with E-state index in [1.807, 2.05) is 0 Å². The molecule has 76 heavy (non-hydrogen) atoms. The van der Waals surface area contributed by atoms with Crippen molar-refractivity contribution in [3.8, 4) is 0 Å². The van der Waals surface area contributed by atoms with Crippen LogP contribution in [-0.2, 0) is 0 Å². The van der Waals surface area contributed by atoms with Gasteiger partial charge in [0.05, 0.1) is 0 Å². The average molecular weight is 1050 g/mol. The van der Waals surface area contributed by atoms with Crippen LogP contribution in [-0.4, -0.2) is 66.4 Å². The maximum Gasteiger partial charge on any atom is 0.115 e. The lowest BCUT2D eigenvalue weighted by atomic mass is 9.97. The molecule has 0 fully saturated rings. The van der Waals surface area contributed by atoms with E-state index in [2.05, 4.69) is 76.0 Å². The fourth-order valence-corrected chi connectivity index (χ4v) is 12.2. The van der Waals surface area contributed by atoms with Gasteiger partial charge in [-0.3, -0.25) is 0 Å². The van der Waals surface area contributed by atoms with Crippen molar-refractivity contribution < 1.29 is 4.58 Å². The molecule has 4 N–H and O–H groups in total. The van der Waals surface area contributed by atoms with Gasteiger partial charge < -0.3 is 25.8 Å². The number of allylic oxidation sites excluding steroid dienone is 5. The van der Waals surface area contributed by atoms with Crippen molar-refractivity contribution in [2.75, 3.05) is 45.8 Å². The molecule has 0 aromatic heterocycles. The zero-order chi connectivity index (χ0) is 53.5. The second-order valence-electron chi connectivity index (χ2n) is 24.6. The standard InChI is InChI=1S/C71H131N5/c72-58-44-36-28-20-12-5-1-3-7-14-22-30-38-46-60-74-63-49-55-69(66-74)52-41-33-25-17-9-10-18-26-34-42-53-70-56-50-65-76(67-70)62-48-40-32-24-16-11-19-27-35-43-54-71-57-51-64-75(68-71)61-47-39-31-23-15-8-4-2-6-13-21-29-37-45-59-73/h49-51,55-57,64,66-68,71H,1-48,52-54,58-63,65,72-73H2. The third-order valence-electron chi connectivity index (χ3n) is 17.2. The van der Waals surface area contributed by atoms with Crippen LogP contribution in [0.2, 0.25) is 0 Å². The van der Waals surface area contributed by atoms with E-state index in [0.717, 1.165) is 26.2 Å². The number of rotatable bonds is 58. The second-order valence-corrected chi connectivity index (χ2v) is 24.6. The van der Waals surface area contributed by atoms with Crippen LogP contribution in [0.25, 0.3) is 0 Å². The van der Waals surface area contributed by atoms with E-state index in [1.165, 1.54) is 347 Å². The Labute approximate surface area is 475 Å². The molecule has 3 aliphatic rings. The highest BCUT2D eigenvalue weighted by atomic mass is 15.1. The van der Waals surface area contributed by atoms with Gasteiger partial charge in [0.2, 0.25) is 0 Å². The first-order valence-corrected chi connectivity index (χ1v) is 34.5. The van der Waals surface area contributed by atoms with Crippen molar-refractivity contribution >= 4 is 6.21 Å². The van der Waals surface area contributed by atoms with E-state index in [9.17, 15) is 0 Å². The number of hydrogen-bond acceptors (Lipinski definition) is 4. The van der Waals surface area contributed by atoms with Gasteiger partial charge in [0.25, 0.3) is 0 Å². The minimum absolute atomic E-state index is 0.646. The summed E-state index contributed by atoms with van der Waals surface area (Å²) in [6.45, 7) is 10.1. The van der Waals surface area contributed by atoms with Crippen LogP contribution >= 0.6 is 0 Å². The van der Waals surface area contributed by atoms with Crippen LogP contribution in [0.4, 0.5) is 0 Å². The van der Waals surface area contributed by atoms with Crippen molar-refractivity contribution in [1.82, 2.24) is 9.80 Å². The number of nitrogens with two attached hydrogens (primary N) is 2. The van der Waals surface area contributed by atoms with E-state index in [-0.39, 0.29) is 0 Å². The highest BCUT2D eigenvalue weighted by Crippen LogP contribution is 2.23. The molecular formula is C71H131N5. The molecule has 0 radical (unpaired) electrons. The summed E-state index contributed by atoms with van der Waals surface area (Å²) in [5.41, 5.74) is 14.3. The molecule has 5 heteroatoms. The average Bonchev–Trinajstić information content (AvgIpc) is 3.44. The molecule has 5 nitrogen and oxygen atoms in total. The van der Waals surface area contributed by atoms with Crippen molar-refractivity contribution in [2.45, 2.75) is 327 Å². The molecule has 440 valence electrons. The monoisotopic (exact) mass is 1050 g/mol. The summed E-state index contributed by atoms with van der Waals surface area (Å²) in [5.74, 6) is 0.646. The summed E-state index contributed by atoms with van der Waals surface area (Å²) >= 11 is 0. The lowest BCUT2D eigenvalue weighted by molar-refractivity contribution is -0.489. The van der Waals surface area contributed by atoms with Gasteiger partial charge in [-0.15, -0.1) is 6.08 Å². The molecule has 0 aromatic carbocycles. The predicted octanol–water partition coefficient (Wildman–Crippen LogP) is 20.7. The molecule has 0 aliphatic carbocycles. The van der Waals surface area contributed by atoms with Gasteiger partial charge in [-0.05, 0) is 87.9 Å². The van der Waals surface area contributed by atoms with Gasteiger partial charge in [-0.2, -0.15) is 0 Å². The smallest absolute Gasteiger partial charge is 0.115 e. The minimum atomic E-state index is 0.646. The topological polar surface area (TPSA) is 61.5 Å². The highest BCUT2D eigenvalue weighted by Gasteiger charge is 2.11. The number of unbranched alkanes of at least 4 members (excludes halogenated alkanes) is 44. The van der Waals surface area contributed by atoms with Crippen molar-refractivity contribution in [3.63, 3.8) is 0 Å². The lowest BCUT2D eigenvalue weighted by Gasteiger charge is -2.23. The van der Waals surface area contributed by atoms with Crippen molar-refractivity contribution in [1.29, 1.82) is 0 Å². The maximum atomic E-state index is 5.59. The van der Waals surface area contributed by atoms with Gasteiger partial charge in [-0.25, -0.2) is 0 Å². The molecule has 0 aromatic rings. The van der Waals surface area contributed by atoms with Crippen LogP contribution in [0, 0.1) is 12.5 Å². The Hall–Kier alpha value is -2.24. The van der Waals surface area contributed by atoms with Gasteiger partial charge in [0.1, 0.15) is 6.54 Å². The van der Waals surface area contributed by atoms with E-state index < -0.39 is 0 Å². The molecule has 0 saturated heterocycles. The van der Waals surface area contributed by atoms with Crippen LogP contribution in [0.1, 0.15) is 327 Å². The normalized spacial score (nSPS) is 15.4. The number of nitrogens with zero attached hydrogens (tertiary/aromatic N) is 3. The molecule has 0 amide bonds. The fourth-order valence-electron chi connectivity index (χ4n) is 12.2. The summed E-state index contributed by atoms with van der Waals surface area (Å²) in [5, 5.41) is 0. The third-order valence-corrected chi connectivity index (χ3v) is 17.2.